The molecule has 0 unspecified atom stereocenters. The Kier molecular flexibility index (Phi) is 5.56. The number of aliphatic hydroxyl groups excluding tert-OH is 1. The molecule has 0 bridgehead atoms. The summed E-state index contributed by atoms with van der Waals surface area (Å²) in [7, 11) is 0. The number of hydrogen-bond donors (Lipinski definition) is 1. The minimum Gasteiger partial charge on any atom is -0.492 e. The first-order chi connectivity index (χ1) is 9.28. The van der Waals surface area contributed by atoms with Gasteiger partial charge in [-0.1, -0.05) is 11.8 Å². The zero-order valence-electron chi connectivity index (χ0n) is 10.6. The van der Waals surface area contributed by atoms with Crippen LogP contribution in [0, 0.1) is 17.7 Å². The minimum atomic E-state index is -0.248. The quantitative estimate of drug-likeness (QED) is 0.860. The van der Waals surface area contributed by atoms with Gasteiger partial charge in [0.15, 0.2) is 0 Å². The van der Waals surface area contributed by atoms with Crippen LogP contribution in [0.4, 0.5) is 4.39 Å². The molecule has 0 aliphatic carbocycles. The molecular weight excluding hydrogens is 263 g/mol. The van der Waals surface area contributed by atoms with E-state index in [1.54, 1.807) is 12.1 Å². The van der Waals surface area contributed by atoms with Crippen molar-refractivity contribution in [3.05, 3.63) is 30.1 Å². The number of rotatable bonds is 4. The number of halogens is 1. The monoisotopic (exact) mass is 280 g/mol. The lowest BCUT2D eigenvalue weighted by Gasteiger charge is -2.11. The standard InChI is InChI=1S/C15H17FO2S/c16-12-4-6-13(7-5-12)18-11-15-9-8-14(19-15)3-1-2-10-17/h4-7,14-15,17H,2,8-11H2/t14-,15+/m1/s1. The molecule has 0 saturated carbocycles. The molecular formula is C15H17FO2S. The molecule has 0 radical (unpaired) electrons. The van der Waals surface area contributed by atoms with Crippen LogP contribution >= 0.6 is 11.8 Å². The first-order valence-corrected chi connectivity index (χ1v) is 7.35. The van der Waals surface area contributed by atoms with Crippen LogP contribution in [0.15, 0.2) is 24.3 Å². The molecule has 0 amide bonds. The van der Waals surface area contributed by atoms with E-state index in [0.717, 1.165) is 12.8 Å². The second-order valence-electron chi connectivity index (χ2n) is 4.38. The van der Waals surface area contributed by atoms with Gasteiger partial charge in [0.25, 0.3) is 0 Å². The topological polar surface area (TPSA) is 29.5 Å². The average Bonchev–Trinajstić information content (AvgIpc) is 2.86. The summed E-state index contributed by atoms with van der Waals surface area (Å²) < 4.78 is 18.4. The molecule has 1 aliphatic rings. The summed E-state index contributed by atoms with van der Waals surface area (Å²) in [5.74, 6) is 6.60. The lowest BCUT2D eigenvalue weighted by molar-refractivity contribution is 0.305. The summed E-state index contributed by atoms with van der Waals surface area (Å²) in [6, 6.07) is 6.10. The Bertz CT molecular complexity index is 449. The van der Waals surface area contributed by atoms with Gasteiger partial charge in [-0.3, -0.25) is 0 Å². The lowest BCUT2D eigenvalue weighted by atomic mass is 10.2. The van der Waals surface area contributed by atoms with Crippen LogP contribution in [-0.2, 0) is 0 Å². The van der Waals surface area contributed by atoms with Crippen molar-refractivity contribution in [1.82, 2.24) is 0 Å². The molecule has 2 rings (SSSR count). The van der Waals surface area contributed by atoms with E-state index in [1.165, 1.54) is 12.1 Å². The highest BCUT2D eigenvalue weighted by Gasteiger charge is 2.24. The molecule has 1 aromatic carbocycles. The third kappa shape index (κ3) is 4.77. The number of aliphatic hydroxyl groups is 1. The van der Waals surface area contributed by atoms with Crippen molar-refractivity contribution in [1.29, 1.82) is 0 Å². The Balaban J connectivity index is 1.73. The van der Waals surface area contributed by atoms with Gasteiger partial charge in [-0.05, 0) is 37.1 Å². The highest BCUT2D eigenvalue weighted by Crippen LogP contribution is 2.33. The van der Waals surface area contributed by atoms with Gasteiger partial charge in [0.2, 0.25) is 0 Å². The van der Waals surface area contributed by atoms with Gasteiger partial charge in [0.05, 0.1) is 11.9 Å². The summed E-state index contributed by atoms with van der Waals surface area (Å²) in [6.07, 6.45) is 2.71. The summed E-state index contributed by atoms with van der Waals surface area (Å²) in [5.41, 5.74) is 0. The van der Waals surface area contributed by atoms with Gasteiger partial charge < -0.3 is 9.84 Å². The number of benzene rings is 1. The van der Waals surface area contributed by atoms with E-state index in [4.69, 9.17) is 9.84 Å². The van der Waals surface area contributed by atoms with Crippen LogP contribution in [0.2, 0.25) is 0 Å². The van der Waals surface area contributed by atoms with Crippen molar-refractivity contribution >= 4 is 11.8 Å². The molecule has 1 saturated heterocycles. The first-order valence-electron chi connectivity index (χ1n) is 6.41. The van der Waals surface area contributed by atoms with Crippen LogP contribution in [0.25, 0.3) is 0 Å². The van der Waals surface area contributed by atoms with Crippen molar-refractivity contribution in [2.45, 2.75) is 29.8 Å². The highest BCUT2D eigenvalue weighted by atomic mass is 32.2. The summed E-state index contributed by atoms with van der Waals surface area (Å²) in [6.45, 7) is 0.760. The van der Waals surface area contributed by atoms with Crippen LogP contribution in [0.1, 0.15) is 19.3 Å². The molecule has 4 heteroatoms. The van der Waals surface area contributed by atoms with Crippen LogP contribution in [0.3, 0.4) is 0 Å². The maximum Gasteiger partial charge on any atom is 0.123 e. The van der Waals surface area contributed by atoms with E-state index in [0.29, 0.717) is 29.3 Å². The smallest absolute Gasteiger partial charge is 0.123 e. The highest BCUT2D eigenvalue weighted by molar-refractivity contribution is 8.01. The van der Waals surface area contributed by atoms with Gasteiger partial charge in [0, 0.05) is 11.7 Å². The predicted octanol–water partition coefficient (Wildman–Crippen LogP) is 2.85. The van der Waals surface area contributed by atoms with E-state index in [1.807, 2.05) is 11.8 Å². The van der Waals surface area contributed by atoms with Crippen molar-refractivity contribution in [3.63, 3.8) is 0 Å². The van der Waals surface area contributed by atoms with E-state index < -0.39 is 0 Å². The van der Waals surface area contributed by atoms with Gasteiger partial charge >= 0.3 is 0 Å². The second-order valence-corrected chi connectivity index (χ2v) is 5.89. The molecule has 19 heavy (non-hydrogen) atoms. The molecule has 1 aliphatic heterocycles. The summed E-state index contributed by atoms with van der Waals surface area (Å²) >= 11 is 1.83. The van der Waals surface area contributed by atoms with E-state index in [9.17, 15) is 4.39 Å². The lowest BCUT2D eigenvalue weighted by Crippen LogP contribution is -2.11. The van der Waals surface area contributed by atoms with E-state index in [-0.39, 0.29) is 12.4 Å². The molecule has 2 atom stereocenters. The Morgan fingerprint density at radius 3 is 2.84 bits per heavy atom. The molecule has 102 valence electrons. The summed E-state index contributed by atoms with van der Waals surface area (Å²) in [5, 5.41) is 9.46. The molecule has 1 fully saturated rings. The van der Waals surface area contributed by atoms with Crippen LogP contribution in [-0.4, -0.2) is 28.8 Å². The zero-order chi connectivity index (χ0) is 13.5. The average molecular weight is 280 g/mol. The third-order valence-electron chi connectivity index (χ3n) is 2.86. The Morgan fingerprint density at radius 1 is 1.32 bits per heavy atom. The van der Waals surface area contributed by atoms with E-state index >= 15 is 0 Å². The summed E-state index contributed by atoms with van der Waals surface area (Å²) in [4.78, 5) is 0. The van der Waals surface area contributed by atoms with E-state index in [2.05, 4.69) is 11.8 Å². The molecule has 0 spiro atoms. The van der Waals surface area contributed by atoms with Crippen LogP contribution < -0.4 is 4.74 Å². The normalized spacial score (nSPS) is 21.8. The number of hydrogen-bond acceptors (Lipinski definition) is 3. The Labute approximate surface area is 117 Å². The fourth-order valence-electron chi connectivity index (χ4n) is 1.90. The van der Waals surface area contributed by atoms with Gasteiger partial charge in [-0.15, -0.1) is 11.8 Å². The van der Waals surface area contributed by atoms with Crippen molar-refractivity contribution in [2.24, 2.45) is 0 Å². The maximum absolute atomic E-state index is 12.7. The maximum atomic E-state index is 12.7. The number of thioether (sulfide) groups is 1. The zero-order valence-corrected chi connectivity index (χ0v) is 11.5. The number of ether oxygens (including phenoxy) is 1. The predicted molar refractivity (Wildman–Crippen MR) is 75.8 cm³/mol. The van der Waals surface area contributed by atoms with Gasteiger partial charge in [-0.2, -0.15) is 0 Å². The third-order valence-corrected chi connectivity index (χ3v) is 4.30. The molecule has 2 nitrogen and oxygen atoms in total. The van der Waals surface area contributed by atoms with Crippen molar-refractivity contribution in [3.8, 4) is 17.6 Å². The van der Waals surface area contributed by atoms with Crippen LogP contribution in [0.5, 0.6) is 5.75 Å². The van der Waals surface area contributed by atoms with Crippen molar-refractivity contribution < 1.29 is 14.2 Å². The minimum absolute atomic E-state index is 0.126. The second kappa shape index (κ2) is 7.42. The SMILES string of the molecule is OCCC#C[C@@H]1CC[C@@H](COc2ccc(F)cc2)S1. The molecule has 1 aromatic rings. The fraction of sp³-hybridized carbons (Fsp3) is 0.467. The largest absolute Gasteiger partial charge is 0.492 e. The Morgan fingerprint density at radius 2 is 2.11 bits per heavy atom. The molecule has 0 aromatic heterocycles. The fourth-order valence-corrected chi connectivity index (χ4v) is 3.20. The van der Waals surface area contributed by atoms with Gasteiger partial charge in [0.1, 0.15) is 18.2 Å². The Hall–Kier alpha value is -1.18. The molecule has 1 N–H and O–H groups in total. The first kappa shape index (κ1) is 14.2. The molecule has 1 heterocycles. The van der Waals surface area contributed by atoms with Crippen molar-refractivity contribution in [2.75, 3.05) is 13.2 Å². The van der Waals surface area contributed by atoms with Gasteiger partial charge in [-0.25, -0.2) is 4.39 Å².